The molecule has 0 aliphatic heterocycles. The quantitative estimate of drug-likeness (QED) is 0.585. The van der Waals surface area contributed by atoms with Gasteiger partial charge in [0.2, 0.25) is 0 Å². The Balaban J connectivity index is 2.26. The summed E-state index contributed by atoms with van der Waals surface area (Å²) in [4.78, 5) is 4.77. The van der Waals surface area contributed by atoms with E-state index in [1.807, 2.05) is 69.4 Å². The zero-order valence-corrected chi connectivity index (χ0v) is 17.4. The van der Waals surface area contributed by atoms with E-state index in [1.54, 1.807) is 0 Å². The standard InChI is InChI=1S/C24H29NSi/c1-24(2,3)17-20-16-22(19-12-8-6-9-13-19)25-18-23(20)26(4,5)21-14-10-7-11-15-21/h6-16,18H,17H2,1-5H3/i17D2. The van der Waals surface area contributed by atoms with Gasteiger partial charge in [-0.3, -0.25) is 4.98 Å². The van der Waals surface area contributed by atoms with Crippen molar-refractivity contribution >= 4 is 18.4 Å². The highest BCUT2D eigenvalue weighted by Crippen LogP contribution is 2.24. The lowest BCUT2D eigenvalue weighted by Crippen LogP contribution is -2.54. The van der Waals surface area contributed by atoms with Gasteiger partial charge in [-0.2, -0.15) is 0 Å². The van der Waals surface area contributed by atoms with Gasteiger partial charge in [0, 0.05) is 14.5 Å². The molecule has 2 heteroatoms. The van der Waals surface area contributed by atoms with Crippen LogP contribution in [0.2, 0.25) is 13.1 Å². The molecular weight excluding hydrogens is 330 g/mol. The van der Waals surface area contributed by atoms with E-state index in [2.05, 4.69) is 37.4 Å². The van der Waals surface area contributed by atoms with Crippen LogP contribution in [0.4, 0.5) is 0 Å². The van der Waals surface area contributed by atoms with Crippen LogP contribution in [0.5, 0.6) is 0 Å². The Kier molecular flexibility index (Phi) is 4.44. The number of benzene rings is 2. The van der Waals surface area contributed by atoms with Crippen molar-refractivity contribution in [3.8, 4) is 11.3 Å². The van der Waals surface area contributed by atoms with Crippen molar-refractivity contribution in [1.29, 1.82) is 0 Å². The molecular formula is C24H29NSi. The van der Waals surface area contributed by atoms with Crippen molar-refractivity contribution in [1.82, 2.24) is 4.98 Å². The first kappa shape index (κ1) is 16.0. The predicted molar refractivity (Wildman–Crippen MR) is 116 cm³/mol. The van der Waals surface area contributed by atoms with Gasteiger partial charge in [0.15, 0.2) is 0 Å². The Hall–Kier alpha value is -2.19. The van der Waals surface area contributed by atoms with Gasteiger partial charge in [-0.25, -0.2) is 0 Å². The van der Waals surface area contributed by atoms with Crippen molar-refractivity contribution in [2.24, 2.45) is 5.41 Å². The fourth-order valence-corrected chi connectivity index (χ4v) is 5.77. The molecule has 0 saturated carbocycles. The van der Waals surface area contributed by atoms with Gasteiger partial charge in [-0.15, -0.1) is 0 Å². The minimum atomic E-state index is -2.12. The molecule has 1 aromatic heterocycles. The minimum absolute atomic E-state index is 0.530. The molecule has 134 valence electrons. The third kappa shape index (κ3) is 4.13. The minimum Gasteiger partial charge on any atom is -0.256 e. The molecule has 0 unspecified atom stereocenters. The lowest BCUT2D eigenvalue weighted by atomic mass is 9.88. The molecule has 1 nitrogen and oxygen atoms in total. The van der Waals surface area contributed by atoms with Crippen molar-refractivity contribution < 1.29 is 2.74 Å². The molecule has 26 heavy (non-hydrogen) atoms. The smallest absolute Gasteiger partial charge is 0.114 e. The second kappa shape index (κ2) is 7.20. The monoisotopic (exact) mass is 361 g/mol. The van der Waals surface area contributed by atoms with Crippen molar-refractivity contribution in [3.05, 3.63) is 78.5 Å². The number of hydrogen-bond donors (Lipinski definition) is 0. The molecule has 0 aliphatic rings. The van der Waals surface area contributed by atoms with E-state index in [4.69, 9.17) is 7.73 Å². The molecule has 0 radical (unpaired) electrons. The molecule has 0 N–H and O–H groups in total. The van der Waals surface area contributed by atoms with Gasteiger partial charge >= 0.3 is 0 Å². The Morgan fingerprint density at radius 1 is 0.923 bits per heavy atom. The van der Waals surface area contributed by atoms with Crippen molar-refractivity contribution in [2.75, 3.05) is 0 Å². The highest BCUT2D eigenvalue weighted by atomic mass is 28.3. The molecule has 0 amide bonds. The maximum absolute atomic E-state index is 9.02. The maximum atomic E-state index is 9.02. The fraction of sp³-hybridized carbons (Fsp3) is 0.292. The molecule has 2 aromatic carbocycles. The van der Waals surface area contributed by atoms with E-state index >= 15 is 0 Å². The van der Waals surface area contributed by atoms with Gasteiger partial charge < -0.3 is 0 Å². The molecule has 0 atom stereocenters. The van der Waals surface area contributed by atoms with Crippen LogP contribution in [0.25, 0.3) is 11.3 Å². The molecule has 3 aromatic rings. The van der Waals surface area contributed by atoms with Crippen LogP contribution in [-0.2, 0) is 6.37 Å². The molecule has 0 fully saturated rings. The number of rotatable bonds is 4. The first-order chi connectivity index (χ1) is 13.0. The summed E-state index contributed by atoms with van der Waals surface area (Å²) in [5.41, 5.74) is 2.08. The topological polar surface area (TPSA) is 12.9 Å². The summed E-state index contributed by atoms with van der Waals surface area (Å²) in [7, 11) is -2.12. The number of hydrogen-bond acceptors (Lipinski definition) is 1. The SMILES string of the molecule is [2H]C([2H])(c1cc(-c2ccccc2)ncc1[Si](C)(C)c1ccccc1)C(C)(C)C. The first-order valence-corrected chi connectivity index (χ1v) is 12.2. The zero-order chi connectivity index (χ0) is 20.6. The van der Waals surface area contributed by atoms with Crippen LogP contribution in [0.1, 0.15) is 29.1 Å². The highest BCUT2D eigenvalue weighted by molar-refractivity contribution is 7.00. The van der Waals surface area contributed by atoms with E-state index in [-0.39, 0.29) is 0 Å². The Labute approximate surface area is 162 Å². The van der Waals surface area contributed by atoms with Gasteiger partial charge in [0.1, 0.15) is 8.07 Å². The van der Waals surface area contributed by atoms with Crippen LogP contribution < -0.4 is 10.4 Å². The predicted octanol–water partition coefficient (Wildman–Crippen LogP) is 5.16. The summed E-state index contributed by atoms with van der Waals surface area (Å²) < 4.78 is 18.0. The van der Waals surface area contributed by atoms with Crippen molar-refractivity contribution in [3.63, 3.8) is 0 Å². The average Bonchev–Trinajstić information content (AvgIpc) is 2.68. The number of nitrogens with zero attached hydrogens (tertiary/aromatic N) is 1. The van der Waals surface area contributed by atoms with Crippen molar-refractivity contribution in [2.45, 2.75) is 40.2 Å². The van der Waals surface area contributed by atoms with E-state index < -0.39 is 19.9 Å². The van der Waals surface area contributed by atoms with Gasteiger partial charge in [-0.1, -0.05) is 99.7 Å². The Bertz CT molecular complexity index is 945. The summed E-state index contributed by atoms with van der Waals surface area (Å²) in [6.07, 6.45) is 0.453. The van der Waals surface area contributed by atoms with Crippen LogP contribution in [0, 0.1) is 5.41 Å². The Morgan fingerprint density at radius 3 is 2.08 bits per heavy atom. The largest absolute Gasteiger partial charge is 0.256 e. The van der Waals surface area contributed by atoms with Crippen LogP contribution in [0.15, 0.2) is 72.9 Å². The molecule has 3 rings (SSSR count). The molecule has 1 heterocycles. The second-order valence-electron chi connectivity index (χ2n) is 8.35. The van der Waals surface area contributed by atoms with Crippen LogP contribution in [-0.4, -0.2) is 13.1 Å². The van der Waals surface area contributed by atoms with E-state index in [0.717, 1.165) is 22.0 Å². The molecule has 0 bridgehead atoms. The summed E-state index contributed by atoms with van der Waals surface area (Å²) in [6, 6.07) is 22.5. The third-order valence-corrected chi connectivity index (χ3v) is 8.17. The fourth-order valence-electron chi connectivity index (χ4n) is 3.24. The summed E-state index contributed by atoms with van der Waals surface area (Å²) in [5, 5.41) is 2.36. The van der Waals surface area contributed by atoms with Gasteiger partial charge in [-0.05, 0) is 28.6 Å². The highest BCUT2D eigenvalue weighted by Gasteiger charge is 2.30. The lowest BCUT2D eigenvalue weighted by Gasteiger charge is -2.29. The first-order valence-electron chi connectivity index (χ1n) is 10.2. The zero-order valence-electron chi connectivity index (χ0n) is 18.4. The van der Waals surface area contributed by atoms with Crippen LogP contribution >= 0.6 is 0 Å². The molecule has 0 saturated heterocycles. The van der Waals surface area contributed by atoms with E-state index in [1.165, 1.54) is 5.19 Å². The number of pyridine rings is 1. The van der Waals surface area contributed by atoms with E-state index in [0.29, 0.717) is 0 Å². The van der Waals surface area contributed by atoms with E-state index in [9.17, 15) is 0 Å². The molecule has 0 spiro atoms. The summed E-state index contributed by atoms with van der Waals surface area (Å²) in [5.74, 6) is 0. The normalized spacial score (nSPS) is 13.9. The third-order valence-electron chi connectivity index (χ3n) is 4.65. The van der Waals surface area contributed by atoms with Crippen LogP contribution in [0.3, 0.4) is 0 Å². The average molecular weight is 362 g/mol. The Morgan fingerprint density at radius 2 is 1.50 bits per heavy atom. The maximum Gasteiger partial charge on any atom is 0.114 e. The summed E-state index contributed by atoms with van der Waals surface area (Å²) >= 11 is 0. The number of aromatic nitrogens is 1. The van der Waals surface area contributed by atoms with Gasteiger partial charge in [0.25, 0.3) is 0 Å². The second-order valence-corrected chi connectivity index (χ2v) is 12.7. The van der Waals surface area contributed by atoms with Gasteiger partial charge in [0.05, 0.1) is 5.69 Å². The lowest BCUT2D eigenvalue weighted by molar-refractivity contribution is 0.412. The summed E-state index contributed by atoms with van der Waals surface area (Å²) in [6.45, 7) is 10.5. The molecule has 0 aliphatic carbocycles.